The second-order valence-corrected chi connectivity index (χ2v) is 3.71. The van der Waals surface area contributed by atoms with Crippen LogP contribution in [0.5, 0.6) is 5.88 Å². The van der Waals surface area contributed by atoms with E-state index in [4.69, 9.17) is 0 Å². The van der Waals surface area contributed by atoms with Gasteiger partial charge in [0, 0.05) is 24.0 Å². The van der Waals surface area contributed by atoms with E-state index in [1.54, 1.807) is 24.5 Å². The number of aromatic nitrogens is 4. The van der Waals surface area contributed by atoms with E-state index < -0.39 is 0 Å². The number of aromatic hydroxyl groups is 1. The third-order valence-electron chi connectivity index (χ3n) is 2.50. The lowest BCUT2D eigenvalue weighted by Crippen LogP contribution is -2.01. The van der Waals surface area contributed by atoms with Crippen molar-refractivity contribution in [3.05, 3.63) is 54.9 Å². The van der Waals surface area contributed by atoms with E-state index in [9.17, 15) is 5.11 Å². The van der Waals surface area contributed by atoms with Gasteiger partial charge in [0.05, 0.1) is 5.69 Å². The molecule has 2 aromatic heterocycles. The lowest BCUT2D eigenvalue weighted by atomic mass is 10.2. The Morgan fingerprint density at radius 2 is 1.67 bits per heavy atom. The Morgan fingerprint density at radius 1 is 0.944 bits per heavy atom. The van der Waals surface area contributed by atoms with Crippen LogP contribution >= 0.6 is 0 Å². The van der Waals surface area contributed by atoms with E-state index in [-0.39, 0.29) is 5.88 Å². The molecule has 0 aliphatic rings. The van der Waals surface area contributed by atoms with Gasteiger partial charge in [0.2, 0.25) is 5.88 Å². The standard InChI is InChI=1S/C13H10N4O/c18-12-9-11(10-5-2-1-3-6-10)16-17(12)13-14-7-4-8-15-13/h1-9,18H. The molecule has 0 atom stereocenters. The Bertz CT molecular complexity index is 649. The molecule has 0 radical (unpaired) electrons. The zero-order chi connectivity index (χ0) is 12.4. The van der Waals surface area contributed by atoms with Gasteiger partial charge in [-0.15, -0.1) is 0 Å². The third-order valence-corrected chi connectivity index (χ3v) is 2.50. The summed E-state index contributed by atoms with van der Waals surface area (Å²) in [5, 5.41) is 14.2. The molecule has 18 heavy (non-hydrogen) atoms. The lowest BCUT2D eigenvalue weighted by molar-refractivity contribution is 0.430. The largest absolute Gasteiger partial charge is 0.493 e. The van der Waals surface area contributed by atoms with Crippen LogP contribution in [0, 0.1) is 0 Å². The van der Waals surface area contributed by atoms with Crippen molar-refractivity contribution in [2.45, 2.75) is 0 Å². The van der Waals surface area contributed by atoms with Crippen LogP contribution in [0.25, 0.3) is 17.2 Å². The molecule has 1 N–H and O–H groups in total. The molecular weight excluding hydrogens is 228 g/mol. The number of hydrogen-bond donors (Lipinski definition) is 1. The summed E-state index contributed by atoms with van der Waals surface area (Å²) in [5.41, 5.74) is 1.61. The van der Waals surface area contributed by atoms with Crippen LogP contribution in [0.2, 0.25) is 0 Å². The summed E-state index contributed by atoms with van der Waals surface area (Å²) in [4.78, 5) is 8.09. The monoisotopic (exact) mass is 238 g/mol. The molecule has 1 aromatic carbocycles. The van der Waals surface area contributed by atoms with Gasteiger partial charge in [0.15, 0.2) is 0 Å². The summed E-state index contributed by atoms with van der Waals surface area (Å²) >= 11 is 0. The van der Waals surface area contributed by atoms with Gasteiger partial charge in [-0.25, -0.2) is 9.97 Å². The molecule has 2 heterocycles. The minimum absolute atomic E-state index is 0.0139. The Balaban J connectivity index is 2.07. The number of benzene rings is 1. The summed E-state index contributed by atoms with van der Waals surface area (Å²) in [7, 11) is 0. The highest BCUT2D eigenvalue weighted by atomic mass is 16.3. The van der Waals surface area contributed by atoms with Gasteiger partial charge in [-0.1, -0.05) is 30.3 Å². The first-order valence-electron chi connectivity index (χ1n) is 5.46. The first kappa shape index (κ1) is 10.5. The molecule has 0 saturated heterocycles. The van der Waals surface area contributed by atoms with Crippen LogP contribution in [0.15, 0.2) is 54.9 Å². The molecule has 0 fully saturated rings. The van der Waals surface area contributed by atoms with Gasteiger partial charge in [-0.2, -0.15) is 9.78 Å². The Hall–Kier alpha value is -2.69. The van der Waals surface area contributed by atoms with Crippen molar-refractivity contribution in [3.63, 3.8) is 0 Å². The topological polar surface area (TPSA) is 63.8 Å². The van der Waals surface area contributed by atoms with Crippen LogP contribution in [-0.2, 0) is 0 Å². The molecule has 0 unspecified atom stereocenters. The molecule has 0 spiro atoms. The fraction of sp³-hybridized carbons (Fsp3) is 0. The molecular formula is C13H10N4O. The van der Waals surface area contributed by atoms with Crippen molar-refractivity contribution in [3.8, 4) is 23.1 Å². The van der Waals surface area contributed by atoms with E-state index in [1.165, 1.54) is 4.68 Å². The van der Waals surface area contributed by atoms with E-state index in [1.807, 2.05) is 30.3 Å². The van der Waals surface area contributed by atoms with Crippen LogP contribution in [0.1, 0.15) is 0 Å². The summed E-state index contributed by atoms with van der Waals surface area (Å²) in [6.45, 7) is 0. The predicted molar refractivity (Wildman–Crippen MR) is 66.3 cm³/mol. The van der Waals surface area contributed by atoms with Crippen molar-refractivity contribution >= 4 is 0 Å². The van der Waals surface area contributed by atoms with Crippen molar-refractivity contribution in [2.75, 3.05) is 0 Å². The first-order chi connectivity index (χ1) is 8.84. The van der Waals surface area contributed by atoms with Crippen molar-refractivity contribution in [1.82, 2.24) is 19.7 Å². The average Bonchev–Trinajstić information content (AvgIpc) is 2.83. The highest BCUT2D eigenvalue weighted by Crippen LogP contribution is 2.23. The zero-order valence-corrected chi connectivity index (χ0v) is 9.43. The summed E-state index contributed by atoms with van der Waals surface area (Å²) in [5.74, 6) is 0.359. The molecule has 5 heteroatoms. The Morgan fingerprint density at radius 3 is 2.39 bits per heavy atom. The third kappa shape index (κ3) is 1.82. The van der Waals surface area contributed by atoms with Crippen molar-refractivity contribution in [1.29, 1.82) is 0 Å². The second-order valence-electron chi connectivity index (χ2n) is 3.71. The Labute approximate surface area is 103 Å². The van der Waals surface area contributed by atoms with Crippen LogP contribution in [-0.4, -0.2) is 24.9 Å². The molecule has 88 valence electrons. The number of rotatable bonds is 2. The number of hydrogen-bond acceptors (Lipinski definition) is 4. The normalized spacial score (nSPS) is 10.4. The average molecular weight is 238 g/mol. The maximum absolute atomic E-state index is 9.87. The summed E-state index contributed by atoms with van der Waals surface area (Å²) in [6, 6.07) is 12.9. The highest BCUT2D eigenvalue weighted by molar-refractivity contribution is 5.60. The van der Waals surface area contributed by atoms with E-state index >= 15 is 0 Å². The fourth-order valence-corrected chi connectivity index (χ4v) is 1.67. The SMILES string of the molecule is Oc1cc(-c2ccccc2)nn1-c1ncccn1. The summed E-state index contributed by atoms with van der Waals surface area (Å²) < 4.78 is 1.31. The first-order valence-corrected chi connectivity index (χ1v) is 5.46. The quantitative estimate of drug-likeness (QED) is 0.742. The van der Waals surface area contributed by atoms with E-state index in [2.05, 4.69) is 15.1 Å². The zero-order valence-electron chi connectivity index (χ0n) is 9.43. The number of nitrogens with zero attached hydrogens (tertiary/aromatic N) is 4. The lowest BCUT2D eigenvalue weighted by Gasteiger charge is -1.99. The van der Waals surface area contributed by atoms with Crippen LogP contribution in [0.3, 0.4) is 0 Å². The van der Waals surface area contributed by atoms with Gasteiger partial charge in [-0.05, 0) is 6.07 Å². The molecule has 5 nitrogen and oxygen atoms in total. The Kier molecular flexibility index (Phi) is 2.49. The van der Waals surface area contributed by atoms with Gasteiger partial charge in [0.1, 0.15) is 0 Å². The second kappa shape index (κ2) is 4.29. The molecule has 0 aliphatic heterocycles. The van der Waals surface area contributed by atoms with Crippen LogP contribution in [0.4, 0.5) is 0 Å². The molecule has 0 saturated carbocycles. The van der Waals surface area contributed by atoms with Crippen molar-refractivity contribution in [2.24, 2.45) is 0 Å². The molecule has 0 bridgehead atoms. The van der Waals surface area contributed by atoms with Gasteiger partial charge in [0.25, 0.3) is 5.95 Å². The summed E-state index contributed by atoms with van der Waals surface area (Å²) in [6.07, 6.45) is 3.21. The minimum Gasteiger partial charge on any atom is -0.493 e. The van der Waals surface area contributed by atoms with Gasteiger partial charge in [-0.3, -0.25) is 0 Å². The maximum Gasteiger partial charge on any atom is 0.253 e. The minimum atomic E-state index is 0.0139. The predicted octanol–water partition coefficient (Wildman–Crippen LogP) is 2.03. The van der Waals surface area contributed by atoms with E-state index in [0.29, 0.717) is 11.6 Å². The van der Waals surface area contributed by atoms with Crippen LogP contribution < -0.4 is 0 Å². The smallest absolute Gasteiger partial charge is 0.253 e. The maximum atomic E-state index is 9.87. The molecule has 3 aromatic rings. The molecule has 0 amide bonds. The highest BCUT2D eigenvalue weighted by Gasteiger charge is 2.11. The van der Waals surface area contributed by atoms with E-state index in [0.717, 1.165) is 5.56 Å². The molecule has 0 aliphatic carbocycles. The van der Waals surface area contributed by atoms with Crippen molar-refractivity contribution < 1.29 is 5.11 Å². The van der Waals surface area contributed by atoms with Gasteiger partial charge >= 0.3 is 0 Å². The fourth-order valence-electron chi connectivity index (χ4n) is 1.67. The van der Waals surface area contributed by atoms with Gasteiger partial charge < -0.3 is 5.11 Å². The molecule has 3 rings (SSSR count).